The van der Waals surface area contributed by atoms with Gasteiger partial charge in [-0.15, -0.1) is 0 Å². The summed E-state index contributed by atoms with van der Waals surface area (Å²) in [5, 5.41) is 3.77. The van der Waals surface area contributed by atoms with E-state index in [0.29, 0.717) is 6.54 Å². The molecule has 5 heteroatoms. The second-order valence-electron chi connectivity index (χ2n) is 5.49. The second-order valence-corrected chi connectivity index (χ2v) is 6.40. The van der Waals surface area contributed by atoms with Gasteiger partial charge in [0, 0.05) is 22.6 Å². The molecule has 1 aromatic carbocycles. The van der Waals surface area contributed by atoms with Gasteiger partial charge in [0.2, 0.25) is 0 Å². The van der Waals surface area contributed by atoms with Crippen LogP contribution < -0.4 is 5.32 Å². The highest BCUT2D eigenvalue weighted by Gasteiger charge is 2.16. The van der Waals surface area contributed by atoms with Gasteiger partial charge in [-0.05, 0) is 50.6 Å². The van der Waals surface area contributed by atoms with Crippen LogP contribution in [0.15, 0.2) is 34.9 Å². The number of hydrogen-bond acceptors (Lipinski definition) is 3. The van der Waals surface area contributed by atoms with E-state index in [0.717, 1.165) is 20.9 Å². The maximum atomic E-state index is 11.7. The lowest BCUT2D eigenvalue weighted by Crippen LogP contribution is -2.32. The Morgan fingerprint density at radius 2 is 2.10 bits per heavy atom. The van der Waals surface area contributed by atoms with E-state index in [1.165, 1.54) is 0 Å². The van der Waals surface area contributed by atoms with E-state index in [-0.39, 0.29) is 0 Å². The van der Waals surface area contributed by atoms with E-state index < -0.39 is 11.7 Å². The third-order valence-electron chi connectivity index (χ3n) is 2.62. The molecule has 0 saturated heterocycles. The summed E-state index contributed by atoms with van der Waals surface area (Å²) in [6, 6.07) is 7.78. The lowest BCUT2D eigenvalue weighted by atomic mass is 10.1. The Bertz CT molecular complexity index is 635. The molecule has 0 atom stereocenters. The predicted molar refractivity (Wildman–Crippen MR) is 82.5 cm³/mol. The summed E-state index contributed by atoms with van der Waals surface area (Å²) >= 11 is 3.45. The van der Waals surface area contributed by atoms with Gasteiger partial charge in [-0.3, -0.25) is 4.98 Å². The number of aromatic nitrogens is 1. The molecule has 0 aliphatic heterocycles. The second kappa shape index (κ2) is 5.79. The summed E-state index contributed by atoms with van der Waals surface area (Å²) in [4.78, 5) is 16.0. The van der Waals surface area contributed by atoms with Gasteiger partial charge in [-0.25, -0.2) is 4.79 Å². The fourth-order valence-corrected chi connectivity index (χ4v) is 2.17. The molecule has 0 aliphatic rings. The highest BCUT2D eigenvalue weighted by Crippen LogP contribution is 2.21. The first-order valence-corrected chi connectivity index (χ1v) is 7.14. The Morgan fingerprint density at radius 3 is 2.80 bits per heavy atom. The van der Waals surface area contributed by atoms with Crippen molar-refractivity contribution in [2.75, 3.05) is 0 Å². The van der Waals surface area contributed by atoms with Crippen molar-refractivity contribution in [3.8, 4) is 0 Å². The number of carbonyl (C=O) groups is 1. The molecule has 106 valence electrons. The normalized spacial score (nSPS) is 11.4. The number of amides is 1. The van der Waals surface area contributed by atoms with Gasteiger partial charge in [0.1, 0.15) is 5.60 Å². The van der Waals surface area contributed by atoms with E-state index in [4.69, 9.17) is 4.74 Å². The van der Waals surface area contributed by atoms with E-state index in [1.54, 1.807) is 6.20 Å². The Hall–Kier alpha value is -1.62. The number of halogens is 1. The van der Waals surface area contributed by atoms with Crippen molar-refractivity contribution in [1.29, 1.82) is 0 Å². The van der Waals surface area contributed by atoms with Crippen LogP contribution in [-0.4, -0.2) is 16.7 Å². The molecule has 0 fully saturated rings. The third kappa shape index (κ3) is 3.93. The lowest BCUT2D eigenvalue weighted by molar-refractivity contribution is 0.0524. The van der Waals surface area contributed by atoms with Gasteiger partial charge >= 0.3 is 6.09 Å². The van der Waals surface area contributed by atoms with Crippen LogP contribution in [0.1, 0.15) is 26.3 Å². The van der Waals surface area contributed by atoms with E-state index in [1.807, 2.05) is 45.0 Å². The predicted octanol–water partition coefficient (Wildman–Crippen LogP) is 4.02. The number of nitrogens with one attached hydrogen (secondary N) is 1. The molecule has 2 rings (SSSR count). The van der Waals surface area contributed by atoms with Gasteiger partial charge in [0.25, 0.3) is 0 Å². The highest BCUT2D eigenvalue weighted by molar-refractivity contribution is 9.10. The molecule has 0 unspecified atom stereocenters. The smallest absolute Gasteiger partial charge is 0.407 e. The first kappa shape index (κ1) is 14.8. The average molecular weight is 337 g/mol. The SMILES string of the molecule is CC(C)(C)OC(=O)NCc1ccnc2ccc(Br)cc12. The molecule has 1 amide bonds. The van der Waals surface area contributed by atoms with Gasteiger partial charge in [0.05, 0.1) is 5.52 Å². The molecule has 4 nitrogen and oxygen atoms in total. The summed E-state index contributed by atoms with van der Waals surface area (Å²) in [6.07, 6.45) is 1.32. The fourth-order valence-electron chi connectivity index (χ4n) is 1.81. The van der Waals surface area contributed by atoms with Crippen LogP contribution in [0.25, 0.3) is 10.9 Å². The van der Waals surface area contributed by atoms with Crippen molar-refractivity contribution in [2.24, 2.45) is 0 Å². The minimum Gasteiger partial charge on any atom is -0.444 e. The Labute approximate surface area is 126 Å². The molecule has 1 heterocycles. The molecule has 0 spiro atoms. The molecule has 1 aromatic heterocycles. The average Bonchev–Trinajstić information content (AvgIpc) is 2.34. The monoisotopic (exact) mass is 336 g/mol. The largest absolute Gasteiger partial charge is 0.444 e. The maximum absolute atomic E-state index is 11.7. The molecular weight excluding hydrogens is 320 g/mol. The summed E-state index contributed by atoms with van der Waals surface area (Å²) in [5.74, 6) is 0. The number of rotatable bonds is 2. The summed E-state index contributed by atoms with van der Waals surface area (Å²) in [7, 11) is 0. The number of ether oxygens (including phenoxy) is 1. The van der Waals surface area contributed by atoms with E-state index >= 15 is 0 Å². The van der Waals surface area contributed by atoms with Crippen LogP contribution in [-0.2, 0) is 11.3 Å². The highest BCUT2D eigenvalue weighted by atomic mass is 79.9. The van der Waals surface area contributed by atoms with Crippen LogP contribution >= 0.6 is 15.9 Å². The zero-order valence-corrected chi connectivity index (χ0v) is 13.3. The van der Waals surface area contributed by atoms with Crippen molar-refractivity contribution in [2.45, 2.75) is 32.9 Å². The molecular formula is C15H17BrN2O2. The number of benzene rings is 1. The first-order valence-electron chi connectivity index (χ1n) is 6.35. The van der Waals surface area contributed by atoms with Crippen molar-refractivity contribution < 1.29 is 9.53 Å². The van der Waals surface area contributed by atoms with Crippen molar-refractivity contribution >= 4 is 32.9 Å². The van der Waals surface area contributed by atoms with Gasteiger partial charge < -0.3 is 10.1 Å². The summed E-state index contributed by atoms with van der Waals surface area (Å²) in [6.45, 7) is 5.92. The molecule has 0 aliphatic carbocycles. The van der Waals surface area contributed by atoms with Crippen LogP contribution in [0.5, 0.6) is 0 Å². The number of nitrogens with zero attached hydrogens (tertiary/aromatic N) is 1. The quantitative estimate of drug-likeness (QED) is 0.900. The van der Waals surface area contributed by atoms with Crippen molar-refractivity contribution in [3.63, 3.8) is 0 Å². The van der Waals surface area contributed by atoms with Crippen LogP contribution in [0.4, 0.5) is 4.79 Å². The third-order valence-corrected chi connectivity index (χ3v) is 3.11. The van der Waals surface area contributed by atoms with Crippen LogP contribution in [0, 0.1) is 0 Å². The first-order chi connectivity index (χ1) is 9.35. The van der Waals surface area contributed by atoms with E-state index in [9.17, 15) is 4.79 Å². The van der Waals surface area contributed by atoms with Crippen molar-refractivity contribution in [3.05, 3.63) is 40.5 Å². The number of alkyl carbamates (subject to hydrolysis) is 1. The molecule has 0 bridgehead atoms. The fraction of sp³-hybridized carbons (Fsp3) is 0.333. The Balaban J connectivity index is 2.14. The number of carbonyl (C=O) groups excluding carboxylic acids is 1. The standard InChI is InChI=1S/C15H17BrN2O2/c1-15(2,3)20-14(19)18-9-10-6-7-17-13-5-4-11(16)8-12(10)13/h4-8H,9H2,1-3H3,(H,18,19). The zero-order valence-electron chi connectivity index (χ0n) is 11.7. The maximum Gasteiger partial charge on any atom is 0.407 e. The minimum atomic E-state index is -0.493. The summed E-state index contributed by atoms with van der Waals surface area (Å²) < 4.78 is 6.20. The zero-order chi connectivity index (χ0) is 14.8. The van der Waals surface area contributed by atoms with Crippen molar-refractivity contribution in [1.82, 2.24) is 10.3 Å². The van der Waals surface area contributed by atoms with Crippen LogP contribution in [0.3, 0.4) is 0 Å². The van der Waals surface area contributed by atoms with Gasteiger partial charge in [-0.2, -0.15) is 0 Å². The summed E-state index contributed by atoms with van der Waals surface area (Å²) in [5.41, 5.74) is 1.41. The number of hydrogen-bond donors (Lipinski definition) is 1. The molecule has 0 saturated carbocycles. The van der Waals surface area contributed by atoms with Gasteiger partial charge in [0.15, 0.2) is 0 Å². The molecule has 20 heavy (non-hydrogen) atoms. The number of fused-ring (bicyclic) bond motifs is 1. The molecule has 0 radical (unpaired) electrons. The molecule has 2 aromatic rings. The molecule has 1 N–H and O–H groups in total. The number of pyridine rings is 1. The topological polar surface area (TPSA) is 51.2 Å². The Morgan fingerprint density at radius 1 is 1.35 bits per heavy atom. The van der Waals surface area contributed by atoms with Gasteiger partial charge in [-0.1, -0.05) is 15.9 Å². The van der Waals surface area contributed by atoms with E-state index in [2.05, 4.69) is 26.2 Å². The lowest BCUT2D eigenvalue weighted by Gasteiger charge is -2.19. The Kier molecular flexibility index (Phi) is 4.28. The minimum absolute atomic E-state index is 0.407. The van der Waals surface area contributed by atoms with Crippen LogP contribution in [0.2, 0.25) is 0 Å².